The van der Waals surface area contributed by atoms with Crippen LogP contribution in [-0.2, 0) is 13.6 Å². The van der Waals surface area contributed by atoms with Gasteiger partial charge in [-0.1, -0.05) is 42.5 Å². The molecule has 0 saturated heterocycles. The van der Waals surface area contributed by atoms with Crippen LogP contribution in [0.2, 0.25) is 0 Å². The number of hydrogen-bond donors (Lipinski definition) is 1. The van der Waals surface area contributed by atoms with E-state index in [9.17, 15) is 4.57 Å². The maximum absolute atomic E-state index is 12.9. The smallest absolute Gasteiger partial charge is 0.356 e. The number of anilines is 1. The molecule has 2 aromatic carbocycles. The van der Waals surface area contributed by atoms with E-state index in [-0.39, 0.29) is 0 Å². The lowest BCUT2D eigenvalue weighted by Gasteiger charge is -2.27. The highest BCUT2D eigenvalue weighted by Gasteiger charge is 2.35. The fourth-order valence-electron chi connectivity index (χ4n) is 2.30. The Morgan fingerprint density at radius 3 is 2.23 bits per heavy atom. The van der Waals surface area contributed by atoms with Gasteiger partial charge in [0.1, 0.15) is 0 Å². The van der Waals surface area contributed by atoms with Crippen molar-refractivity contribution in [1.82, 2.24) is 0 Å². The number of hydrogen-bond acceptors (Lipinski definition) is 4. The highest BCUT2D eigenvalue weighted by molar-refractivity contribution is 7.54. The SMILES string of the molecule is COP(=O)(OC)[C@H](Nc1cc(C)ccc1C)c1ccccc1. The first kappa shape index (κ1) is 16.8. The summed E-state index contributed by atoms with van der Waals surface area (Å²) in [5, 5.41) is 3.33. The molecule has 0 aromatic heterocycles. The van der Waals surface area contributed by atoms with Gasteiger partial charge in [0, 0.05) is 19.9 Å². The van der Waals surface area contributed by atoms with E-state index in [2.05, 4.69) is 5.32 Å². The van der Waals surface area contributed by atoms with E-state index in [1.807, 2.05) is 62.4 Å². The zero-order valence-corrected chi connectivity index (χ0v) is 14.3. The molecule has 0 aliphatic rings. The van der Waals surface area contributed by atoms with E-state index < -0.39 is 13.4 Å². The first-order valence-electron chi connectivity index (χ1n) is 7.10. The van der Waals surface area contributed by atoms with E-state index in [0.717, 1.165) is 22.4 Å². The predicted octanol–water partition coefficient (Wildman–Crippen LogP) is 4.90. The predicted molar refractivity (Wildman–Crippen MR) is 90.3 cm³/mol. The molecule has 0 aliphatic heterocycles. The molecule has 0 radical (unpaired) electrons. The van der Waals surface area contributed by atoms with E-state index in [0.29, 0.717) is 0 Å². The van der Waals surface area contributed by atoms with Crippen LogP contribution in [0.3, 0.4) is 0 Å². The van der Waals surface area contributed by atoms with E-state index in [1.54, 1.807) is 0 Å². The van der Waals surface area contributed by atoms with Gasteiger partial charge in [-0.3, -0.25) is 4.57 Å². The molecule has 0 fully saturated rings. The van der Waals surface area contributed by atoms with Crippen LogP contribution in [0, 0.1) is 13.8 Å². The first-order valence-corrected chi connectivity index (χ1v) is 8.71. The Bertz CT molecular complexity index is 665. The number of rotatable bonds is 6. The first-order chi connectivity index (χ1) is 10.5. The van der Waals surface area contributed by atoms with E-state index >= 15 is 0 Å². The second kappa shape index (κ2) is 7.10. The van der Waals surface area contributed by atoms with Crippen molar-refractivity contribution >= 4 is 13.3 Å². The number of nitrogens with one attached hydrogen (secondary N) is 1. The summed E-state index contributed by atoms with van der Waals surface area (Å²) in [4.78, 5) is 0. The maximum atomic E-state index is 12.9. The van der Waals surface area contributed by atoms with Crippen LogP contribution in [0.5, 0.6) is 0 Å². The molecule has 2 rings (SSSR count). The third-order valence-electron chi connectivity index (χ3n) is 3.63. The van der Waals surface area contributed by atoms with Crippen molar-refractivity contribution in [3.63, 3.8) is 0 Å². The van der Waals surface area contributed by atoms with Crippen molar-refractivity contribution in [3.8, 4) is 0 Å². The number of benzene rings is 2. The molecule has 0 aliphatic carbocycles. The Kier molecular flexibility index (Phi) is 5.41. The van der Waals surface area contributed by atoms with Crippen LogP contribution in [0.1, 0.15) is 22.5 Å². The Morgan fingerprint density at radius 2 is 1.64 bits per heavy atom. The molecule has 0 bridgehead atoms. The minimum Gasteiger partial charge on any atom is -0.368 e. The molecule has 0 saturated carbocycles. The van der Waals surface area contributed by atoms with Crippen LogP contribution in [0.15, 0.2) is 48.5 Å². The number of aryl methyl sites for hydroxylation is 2. The zero-order valence-electron chi connectivity index (χ0n) is 13.4. The standard InChI is InChI=1S/C17H22NO3P/c1-13-10-11-14(2)16(12-13)18-17(22(19,20-3)21-4)15-8-6-5-7-9-15/h5-12,17-18H,1-4H3/t17-/m0/s1. The van der Waals surface area contributed by atoms with Crippen molar-refractivity contribution in [2.24, 2.45) is 0 Å². The summed E-state index contributed by atoms with van der Waals surface area (Å²) >= 11 is 0. The van der Waals surface area contributed by atoms with Gasteiger partial charge in [0.15, 0.2) is 5.78 Å². The third kappa shape index (κ3) is 3.58. The van der Waals surface area contributed by atoms with Crippen molar-refractivity contribution in [2.45, 2.75) is 19.6 Å². The van der Waals surface area contributed by atoms with Crippen molar-refractivity contribution in [2.75, 3.05) is 19.5 Å². The van der Waals surface area contributed by atoms with E-state index in [1.165, 1.54) is 14.2 Å². The molecule has 2 aromatic rings. The zero-order chi connectivity index (χ0) is 16.2. The topological polar surface area (TPSA) is 47.6 Å². The lowest BCUT2D eigenvalue weighted by Crippen LogP contribution is -2.14. The molecule has 118 valence electrons. The molecule has 5 heteroatoms. The summed E-state index contributed by atoms with van der Waals surface area (Å²) in [7, 11) is -0.509. The second-order valence-electron chi connectivity index (χ2n) is 5.18. The van der Waals surface area contributed by atoms with Crippen LogP contribution in [-0.4, -0.2) is 14.2 Å². The average molecular weight is 319 g/mol. The van der Waals surface area contributed by atoms with Crippen molar-refractivity contribution in [1.29, 1.82) is 0 Å². The summed E-state index contributed by atoms with van der Waals surface area (Å²) < 4.78 is 23.4. The fourth-order valence-corrected chi connectivity index (χ4v) is 3.71. The lowest BCUT2D eigenvalue weighted by atomic mass is 10.1. The molecular weight excluding hydrogens is 297 g/mol. The van der Waals surface area contributed by atoms with Crippen LogP contribution >= 0.6 is 7.60 Å². The minimum absolute atomic E-state index is 0.566. The molecule has 0 spiro atoms. The average Bonchev–Trinajstić information content (AvgIpc) is 2.55. The Labute approximate surface area is 132 Å². The minimum atomic E-state index is -3.32. The highest BCUT2D eigenvalue weighted by Crippen LogP contribution is 2.59. The lowest BCUT2D eigenvalue weighted by molar-refractivity contribution is 0.268. The van der Waals surface area contributed by atoms with Crippen molar-refractivity contribution < 1.29 is 13.6 Å². The Balaban J connectivity index is 2.46. The summed E-state index contributed by atoms with van der Waals surface area (Å²) in [5.74, 6) is -0.566. The summed E-state index contributed by atoms with van der Waals surface area (Å²) in [6.07, 6.45) is 0. The Morgan fingerprint density at radius 1 is 1.00 bits per heavy atom. The van der Waals surface area contributed by atoms with E-state index in [4.69, 9.17) is 9.05 Å². The molecule has 0 amide bonds. The molecule has 0 unspecified atom stereocenters. The van der Waals surface area contributed by atoms with Gasteiger partial charge in [-0.05, 0) is 36.6 Å². The molecule has 4 nitrogen and oxygen atoms in total. The third-order valence-corrected chi connectivity index (χ3v) is 5.70. The molecule has 1 N–H and O–H groups in total. The van der Waals surface area contributed by atoms with Gasteiger partial charge in [0.2, 0.25) is 0 Å². The van der Waals surface area contributed by atoms with Gasteiger partial charge in [-0.2, -0.15) is 0 Å². The van der Waals surface area contributed by atoms with Gasteiger partial charge in [-0.15, -0.1) is 0 Å². The van der Waals surface area contributed by atoms with Gasteiger partial charge in [0.25, 0.3) is 0 Å². The van der Waals surface area contributed by atoms with Crippen molar-refractivity contribution in [3.05, 3.63) is 65.2 Å². The van der Waals surface area contributed by atoms with Gasteiger partial charge < -0.3 is 14.4 Å². The highest BCUT2D eigenvalue weighted by atomic mass is 31.2. The monoisotopic (exact) mass is 319 g/mol. The quantitative estimate of drug-likeness (QED) is 0.769. The molecule has 0 heterocycles. The fraction of sp³-hybridized carbons (Fsp3) is 0.294. The molecule has 22 heavy (non-hydrogen) atoms. The van der Waals surface area contributed by atoms with Crippen LogP contribution in [0.4, 0.5) is 5.69 Å². The summed E-state index contributed by atoms with van der Waals surface area (Å²) in [6.45, 7) is 4.03. The summed E-state index contributed by atoms with van der Waals surface area (Å²) in [5.41, 5.74) is 3.98. The van der Waals surface area contributed by atoms with Gasteiger partial charge in [-0.25, -0.2) is 0 Å². The largest absolute Gasteiger partial charge is 0.368 e. The maximum Gasteiger partial charge on any atom is 0.356 e. The second-order valence-corrected chi connectivity index (χ2v) is 7.51. The molecular formula is C17H22NO3P. The van der Waals surface area contributed by atoms with Gasteiger partial charge in [0.05, 0.1) is 0 Å². The molecule has 1 atom stereocenters. The van der Waals surface area contributed by atoms with Gasteiger partial charge >= 0.3 is 7.60 Å². The normalized spacial score (nSPS) is 12.9. The Hall–Kier alpha value is -1.61. The summed E-state index contributed by atoms with van der Waals surface area (Å²) in [6, 6.07) is 15.7. The van der Waals surface area contributed by atoms with Crippen LogP contribution < -0.4 is 5.32 Å². The van der Waals surface area contributed by atoms with Crippen LogP contribution in [0.25, 0.3) is 0 Å².